The topological polar surface area (TPSA) is 102 Å². The highest BCUT2D eigenvalue weighted by Crippen LogP contribution is 2.30. The van der Waals surface area contributed by atoms with Gasteiger partial charge in [0.2, 0.25) is 11.8 Å². The predicted molar refractivity (Wildman–Crippen MR) is 131 cm³/mol. The van der Waals surface area contributed by atoms with E-state index < -0.39 is 5.91 Å². The third-order valence-electron chi connectivity index (χ3n) is 6.19. The molecule has 0 saturated carbocycles. The van der Waals surface area contributed by atoms with Gasteiger partial charge in [-0.15, -0.1) is 0 Å². The minimum absolute atomic E-state index is 0.101. The van der Waals surface area contributed by atoms with Gasteiger partial charge < -0.3 is 16.0 Å². The molecule has 0 spiro atoms. The Bertz CT molecular complexity index is 1220. The lowest BCUT2D eigenvalue weighted by molar-refractivity contribution is -0.116. The molecule has 0 bridgehead atoms. The molecule has 33 heavy (non-hydrogen) atoms. The van der Waals surface area contributed by atoms with Crippen molar-refractivity contribution in [3.05, 3.63) is 58.5 Å². The van der Waals surface area contributed by atoms with E-state index in [0.717, 1.165) is 49.1 Å². The normalized spacial score (nSPS) is 13.9. The Hall–Kier alpha value is -3.55. The maximum Gasteiger partial charge on any atom is 0.329 e. The van der Waals surface area contributed by atoms with Crippen LogP contribution in [0.4, 0.5) is 11.4 Å². The van der Waals surface area contributed by atoms with E-state index in [9.17, 15) is 14.4 Å². The highest BCUT2D eigenvalue weighted by Gasteiger charge is 2.18. The van der Waals surface area contributed by atoms with E-state index in [1.807, 2.05) is 37.3 Å². The molecule has 2 aromatic carbocycles. The molecule has 1 aliphatic heterocycles. The van der Waals surface area contributed by atoms with Crippen LogP contribution in [0.25, 0.3) is 11.0 Å². The van der Waals surface area contributed by atoms with Crippen molar-refractivity contribution < 1.29 is 9.59 Å². The van der Waals surface area contributed by atoms with Crippen LogP contribution < -0.4 is 21.6 Å². The summed E-state index contributed by atoms with van der Waals surface area (Å²) in [5.74, 6) is -0.750. The Morgan fingerprint density at radius 1 is 0.970 bits per heavy atom. The molecule has 3 aromatic rings. The Morgan fingerprint density at radius 3 is 2.27 bits per heavy atom. The molecule has 2 heterocycles. The van der Waals surface area contributed by atoms with E-state index in [-0.39, 0.29) is 24.6 Å². The van der Waals surface area contributed by atoms with E-state index in [0.29, 0.717) is 17.8 Å². The number of nitrogens with one attached hydrogen (secondary N) is 1. The van der Waals surface area contributed by atoms with Gasteiger partial charge in [-0.1, -0.05) is 19.1 Å². The Balaban J connectivity index is 1.55. The number of benzene rings is 2. The number of hydrogen-bond acceptors (Lipinski definition) is 4. The molecule has 3 N–H and O–H groups in total. The summed E-state index contributed by atoms with van der Waals surface area (Å²) in [7, 11) is 0. The van der Waals surface area contributed by atoms with E-state index in [4.69, 9.17) is 5.73 Å². The third-order valence-corrected chi connectivity index (χ3v) is 6.19. The minimum Gasteiger partial charge on any atom is -0.370 e. The highest BCUT2D eigenvalue weighted by atomic mass is 16.2. The summed E-state index contributed by atoms with van der Waals surface area (Å²) in [6, 6.07) is 12.8. The zero-order valence-electron chi connectivity index (χ0n) is 19.0. The molecule has 0 radical (unpaired) electrons. The SMILES string of the molecule is CCCn1c(=O)n(CCC(=O)Nc2cc(C(N)=O)ccc2N2CCCCC2)c2ccccc21. The second-order valence-corrected chi connectivity index (χ2v) is 8.52. The van der Waals surface area contributed by atoms with Gasteiger partial charge in [0, 0.05) is 38.2 Å². The van der Waals surface area contributed by atoms with Gasteiger partial charge in [0.1, 0.15) is 0 Å². The van der Waals surface area contributed by atoms with Crippen molar-refractivity contribution >= 4 is 34.2 Å². The first kappa shape index (κ1) is 22.6. The molecule has 1 saturated heterocycles. The molecule has 8 heteroatoms. The first-order valence-electron chi connectivity index (χ1n) is 11.7. The monoisotopic (exact) mass is 449 g/mol. The van der Waals surface area contributed by atoms with E-state index in [2.05, 4.69) is 10.2 Å². The van der Waals surface area contributed by atoms with Crippen LogP contribution in [0.2, 0.25) is 0 Å². The summed E-state index contributed by atoms with van der Waals surface area (Å²) < 4.78 is 3.42. The summed E-state index contributed by atoms with van der Waals surface area (Å²) >= 11 is 0. The summed E-state index contributed by atoms with van der Waals surface area (Å²) in [6.07, 6.45) is 4.37. The smallest absolute Gasteiger partial charge is 0.329 e. The molecule has 8 nitrogen and oxygen atoms in total. The van der Waals surface area contributed by atoms with Gasteiger partial charge in [-0.05, 0) is 56.0 Å². The number of carbonyl (C=O) groups excluding carboxylic acids is 2. The second kappa shape index (κ2) is 9.94. The Kier molecular flexibility index (Phi) is 6.82. The standard InChI is InChI=1S/C25H31N5O3/c1-2-13-29-21-8-4-5-9-22(21)30(25(29)33)16-12-23(31)27-19-17-18(24(26)32)10-11-20(19)28-14-6-3-7-15-28/h4-5,8-11,17H,2-3,6-7,12-16H2,1H3,(H2,26,32)(H,27,31). The molecule has 1 fully saturated rings. The van der Waals surface area contributed by atoms with Gasteiger partial charge in [0.05, 0.1) is 22.4 Å². The summed E-state index contributed by atoms with van der Waals surface area (Å²) in [5, 5.41) is 2.96. The third kappa shape index (κ3) is 4.79. The molecule has 0 unspecified atom stereocenters. The van der Waals surface area contributed by atoms with Crippen LogP contribution in [0.5, 0.6) is 0 Å². The number of imidazole rings is 1. The number of nitrogens with two attached hydrogens (primary N) is 1. The number of aromatic nitrogens is 2. The molecule has 0 atom stereocenters. The number of fused-ring (bicyclic) bond motifs is 1. The predicted octanol–water partition coefficient (Wildman–Crippen LogP) is 3.33. The molecule has 2 amide bonds. The summed E-state index contributed by atoms with van der Waals surface area (Å²) in [5.41, 5.74) is 8.90. The number of aryl methyl sites for hydroxylation is 2. The number of amides is 2. The van der Waals surface area contributed by atoms with Crippen LogP contribution in [-0.4, -0.2) is 34.0 Å². The lowest BCUT2D eigenvalue weighted by atomic mass is 10.1. The second-order valence-electron chi connectivity index (χ2n) is 8.52. The number of nitrogens with zero attached hydrogens (tertiary/aromatic N) is 3. The van der Waals surface area contributed by atoms with Gasteiger partial charge in [0.25, 0.3) is 0 Å². The molecule has 174 valence electrons. The van der Waals surface area contributed by atoms with Crippen molar-refractivity contribution in [3.8, 4) is 0 Å². The number of hydrogen-bond donors (Lipinski definition) is 2. The van der Waals surface area contributed by atoms with Crippen molar-refractivity contribution in [1.82, 2.24) is 9.13 Å². The molecule has 0 aliphatic carbocycles. The van der Waals surface area contributed by atoms with Crippen LogP contribution in [0.1, 0.15) is 49.4 Å². The number of para-hydroxylation sites is 2. The summed E-state index contributed by atoms with van der Waals surface area (Å²) in [4.78, 5) is 39.8. The Labute approximate surface area is 193 Å². The van der Waals surface area contributed by atoms with Crippen LogP contribution in [0, 0.1) is 0 Å². The van der Waals surface area contributed by atoms with Crippen LogP contribution in [-0.2, 0) is 17.9 Å². The highest BCUT2D eigenvalue weighted by molar-refractivity contribution is 5.99. The van der Waals surface area contributed by atoms with Gasteiger partial charge >= 0.3 is 5.69 Å². The fourth-order valence-electron chi connectivity index (χ4n) is 4.55. The van der Waals surface area contributed by atoms with Crippen LogP contribution in [0.15, 0.2) is 47.3 Å². The number of primary amides is 1. The lowest BCUT2D eigenvalue weighted by Crippen LogP contribution is -2.31. The van der Waals surface area contributed by atoms with E-state index in [1.165, 1.54) is 6.42 Å². The molecular weight excluding hydrogens is 418 g/mol. The number of anilines is 2. The van der Waals surface area contributed by atoms with Crippen molar-refractivity contribution in [2.24, 2.45) is 5.73 Å². The molecule has 4 rings (SSSR count). The molecular formula is C25H31N5O3. The molecule has 1 aromatic heterocycles. The first-order valence-corrected chi connectivity index (χ1v) is 11.7. The van der Waals surface area contributed by atoms with Crippen LogP contribution in [0.3, 0.4) is 0 Å². The first-order chi connectivity index (χ1) is 16.0. The number of rotatable bonds is 8. The zero-order valence-corrected chi connectivity index (χ0v) is 19.0. The summed E-state index contributed by atoms with van der Waals surface area (Å²) in [6.45, 7) is 4.76. The fraction of sp³-hybridized carbons (Fsp3) is 0.400. The minimum atomic E-state index is -0.536. The molecule has 1 aliphatic rings. The Morgan fingerprint density at radius 2 is 1.64 bits per heavy atom. The quantitative estimate of drug-likeness (QED) is 0.551. The van der Waals surface area contributed by atoms with Crippen molar-refractivity contribution in [2.75, 3.05) is 23.3 Å². The average Bonchev–Trinajstić information content (AvgIpc) is 3.09. The van der Waals surface area contributed by atoms with E-state index >= 15 is 0 Å². The zero-order chi connectivity index (χ0) is 23.4. The van der Waals surface area contributed by atoms with Gasteiger partial charge in [-0.25, -0.2) is 4.79 Å². The maximum absolute atomic E-state index is 13.0. The van der Waals surface area contributed by atoms with E-state index in [1.54, 1.807) is 21.3 Å². The van der Waals surface area contributed by atoms with Crippen molar-refractivity contribution in [3.63, 3.8) is 0 Å². The number of carbonyl (C=O) groups is 2. The van der Waals surface area contributed by atoms with Gasteiger partial charge in [0.15, 0.2) is 0 Å². The van der Waals surface area contributed by atoms with Gasteiger partial charge in [-0.3, -0.25) is 18.7 Å². The lowest BCUT2D eigenvalue weighted by Gasteiger charge is -2.30. The van der Waals surface area contributed by atoms with Gasteiger partial charge in [-0.2, -0.15) is 0 Å². The van der Waals surface area contributed by atoms with Crippen molar-refractivity contribution in [1.29, 1.82) is 0 Å². The maximum atomic E-state index is 13.0. The number of piperidine rings is 1. The average molecular weight is 450 g/mol. The largest absolute Gasteiger partial charge is 0.370 e. The van der Waals surface area contributed by atoms with Crippen LogP contribution >= 0.6 is 0 Å². The van der Waals surface area contributed by atoms with Crippen molar-refractivity contribution in [2.45, 2.75) is 52.1 Å². The fourth-order valence-corrected chi connectivity index (χ4v) is 4.55.